The highest BCUT2D eigenvalue weighted by molar-refractivity contribution is 5.88. The fourth-order valence-corrected chi connectivity index (χ4v) is 1.03. The summed E-state index contributed by atoms with van der Waals surface area (Å²) < 4.78 is 0. The fraction of sp³-hybridized carbons (Fsp3) is 0. The third-order valence-electron chi connectivity index (χ3n) is 1.58. The Hall–Kier alpha value is -2.17. The lowest BCUT2D eigenvalue weighted by Crippen LogP contribution is -1.90. The third kappa shape index (κ3) is 2.16. The lowest BCUT2D eigenvalue weighted by Gasteiger charge is -1.96. The third-order valence-corrected chi connectivity index (χ3v) is 1.58. The van der Waals surface area contributed by atoms with Crippen molar-refractivity contribution in [1.29, 1.82) is 0 Å². The van der Waals surface area contributed by atoms with E-state index in [0.717, 1.165) is 10.9 Å². The molecular weight excluding hydrogens is 182 g/mol. The number of fused-ring (bicyclic) bond motifs is 1. The highest BCUT2D eigenvalue weighted by Crippen LogP contribution is 2.15. The van der Waals surface area contributed by atoms with Gasteiger partial charge in [-0.3, -0.25) is 4.79 Å². The van der Waals surface area contributed by atoms with Crippen LogP contribution in [-0.2, 0) is 4.79 Å². The Labute approximate surface area is 80.2 Å². The summed E-state index contributed by atoms with van der Waals surface area (Å²) in [5.41, 5.74) is 7.17. The molecule has 0 aliphatic rings. The predicted octanol–water partition coefficient (Wildman–Crippen LogP) is 0.913. The van der Waals surface area contributed by atoms with Crippen LogP contribution >= 0.6 is 0 Å². The number of nitrogens with two attached hydrogens (primary N) is 1. The lowest BCUT2D eigenvalue weighted by molar-refractivity contribution is -0.122. The summed E-state index contributed by atoms with van der Waals surface area (Å²) in [6, 6.07) is 7.66. The minimum absolute atomic E-state index is 0.250. The first-order valence-electron chi connectivity index (χ1n) is 3.83. The molecule has 3 N–H and O–H groups in total. The molecule has 0 saturated heterocycles. The molecule has 1 heterocycles. The Morgan fingerprint density at radius 3 is 2.64 bits per heavy atom. The molecule has 72 valence electrons. The van der Waals surface area contributed by atoms with Crippen LogP contribution in [0, 0.1) is 0 Å². The average molecular weight is 191 g/mol. The predicted molar refractivity (Wildman–Crippen MR) is 52.6 cm³/mol. The summed E-state index contributed by atoms with van der Waals surface area (Å²) in [4.78, 5) is 8.36. The molecule has 0 fully saturated rings. The molecule has 0 bridgehead atoms. The number of anilines is 1. The van der Waals surface area contributed by atoms with E-state index in [0.29, 0.717) is 5.69 Å². The van der Waals surface area contributed by atoms with Crippen molar-refractivity contribution in [3.8, 4) is 0 Å². The van der Waals surface area contributed by atoms with E-state index in [1.54, 1.807) is 6.20 Å². The van der Waals surface area contributed by atoms with E-state index in [4.69, 9.17) is 15.6 Å². The Morgan fingerprint density at radius 2 is 2.00 bits per heavy atom. The molecule has 0 aliphatic carbocycles. The minimum atomic E-state index is -0.250. The van der Waals surface area contributed by atoms with Crippen LogP contribution in [0.3, 0.4) is 0 Å². The quantitative estimate of drug-likeness (QED) is 0.604. The van der Waals surface area contributed by atoms with E-state index in [9.17, 15) is 0 Å². The maximum absolute atomic E-state index is 8.36. The molecule has 2 rings (SSSR count). The van der Waals surface area contributed by atoms with Crippen LogP contribution in [0.1, 0.15) is 0 Å². The summed E-state index contributed by atoms with van der Waals surface area (Å²) in [5, 5.41) is 15.5. The van der Waals surface area contributed by atoms with Gasteiger partial charge >= 0.3 is 0 Å². The van der Waals surface area contributed by atoms with Crippen molar-refractivity contribution < 1.29 is 9.90 Å². The van der Waals surface area contributed by atoms with Crippen LogP contribution in [0.25, 0.3) is 10.9 Å². The zero-order chi connectivity index (χ0) is 10.4. The van der Waals surface area contributed by atoms with Gasteiger partial charge in [0.05, 0.1) is 17.4 Å². The van der Waals surface area contributed by atoms with Gasteiger partial charge in [0, 0.05) is 5.39 Å². The molecule has 1 aromatic carbocycles. The Kier molecular flexibility index (Phi) is 3.37. The van der Waals surface area contributed by atoms with E-state index in [1.807, 2.05) is 24.3 Å². The van der Waals surface area contributed by atoms with Gasteiger partial charge < -0.3 is 10.8 Å². The molecule has 0 radical (unpaired) electrons. The number of nitrogens with zero attached hydrogens (tertiary/aromatic N) is 2. The van der Waals surface area contributed by atoms with Crippen LogP contribution in [-0.4, -0.2) is 21.8 Å². The van der Waals surface area contributed by atoms with Gasteiger partial charge in [0.25, 0.3) is 6.47 Å². The molecule has 0 aliphatic heterocycles. The second-order valence-corrected chi connectivity index (χ2v) is 2.42. The Bertz CT molecular complexity index is 426. The molecule has 0 amide bonds. The van der Waals surface area contributed by atoms with Crippen LogP contribution < -0.4 is 5.73 Å². The molecule has 0 unspecified atom stereocenters. The van der Waals surface area contributed by atoms with Crippen LogP contribution in [0.4, 0.5) is 5.69 Å². The van der Waals surface area contributed by atoms with Crippen LogP contribution in [0.2, 0.25) is 0 Å². The summed E-state index contributed by atoms with van der Waals surface area (Å²) in [6.45, 7) is -0.250. The number of hydrogen-bond acceptors (Lipinski definition) is 4. The zero-order valence-corrected chi connectivity index (χ0v) is 7.29. The molecule has 1 aromatic heterocycles. The maximum Gasteiger partial charge on any atom is 0.290 e. The highest BCUT2D eigenvalue weighted by Gasteiger charge is 1.95. The first-order valence-corrected chi connectivity index (χ1v) is 3.83. The molecule has 0 spiro atoms. The zero-order valence-electron chi connectivity index (χ0n) is 7.29. The van der Waals surface area contributed by atoms with E-state index in [1.165, 1.54) is 0 Å². The second-order valence-electron chi connectivity index (χ2n) is 2.42. The van der Waals surface area contributed by atoms with E-state index < -0.39 is 0 Å². The summed E-state index contributed by atoms with van der Waals surface area (Å²) >= 11 is 0. The van der Waals surface area contributed by atoms with Crippen molar-refractivity contribution in [2.24, 2.45) is 0 Å². The van der Waals surface area contributed by atoms with E-state index in [-0.39, 0.29) is 6.47 Å². The molecule has 5 nitrogen and oxygen atoms in total. The van der Waals surface area contributed by atoms with Crippen molar-refractivity contribution in [2.45, 2.75) is 0 Å². The van der Waals surface area contributed by atoms with Gasteiger partial charge in [-0.05, 0) is 6.07 Å². The SMILES string of the molecule is Nc1cnnc2ccccc12.O=CO. The van der Waals surface area contributed by atoms with Crippen molar-refractivity contribution >= 4 is 23.1 Å². The van der Waals surface area contributed by atoms with Gasteiger partial charge in [-0.25, -0.2) is 0 Å². The van der Waals surface area contributed by atoms with Gasteiger partial charge in [0.15, 0.2) is 0 Å². The molecule has 0 atom stereocenters. The lowest BCUT2D eigenvalue weighted by atomic mass is 10.2. The first-order chi connectivity index (χ1) is 6.79. The number of nitrogen functional groups attached to an aromatic ring is 1. The van der Waals surface area contributed by atoms with Crippen molar-refractivity contribution in [3.63, 3.8) is 0 Å². The average Bonchev–Trinajstić information content (AvgIpc) is 2.20. The second kappa shape index (κ2) is 4.76. The van der Waals surface area contributed by atoms with Gasteiger partial charge in [0.1, 0.15) is 0 Å². The summed E-state index contributed by atoms with van der Waals surface area (Å²) in [6.07, 6.45) is 1.56. The molecule has 14 heavy (non-hydrogen) atoms. The maximum atomic E-state index is 8.36. The normalized spacial score (nSPS) is 8.86. The van der Waals surface area contributed by atoms with Crippen LogP contribution in [0.15, 0.2) is 30.5 Å². The highest BCUT2D eigenvalue weighted by atomic mass is 16.3. The standard InChI is InChI=1S/C8H7N3.CH2O2/c9-7-5-10-11-8-4-2-1-3-6(7)8;2-1-3/h1-5H,(H2,9,11);1H,(H,2,3). The van der Waals surface area contributed by atoms with Crippen molar-refractivity contribution in [1.82, 2.24) is 10.2 Å². The van der Waals surface area contributed by atoms with Gasteiger partial charge in [-0.2, -0.15) is 10.2 Å². The van der Waals surface area contributed by atoms with Gasteiger partial charge in [-0.15, -0.1) is 0 Å². The van der Waals surface area contributed by atoms with E-state index in [2.05, 4.69) is 10.2 Å². The summed E-state index contributed by atoms with van der Waals surface area (Å²) in [7, 11) is 0. The smallest absolute Gasteiger partial charge is 0.290 e. The topological polar surface area (TPSA) is 89.1 Å². The molecule has 2 aromatic rings. The number of hydrogen-bond donors (Lipinski definition) is 2. The first kappa shape index (κ1) is 9.91. The largest absolute Gasteiger partial charge is 0.483 e. The van der Waals surface area contributed by atoms with Gasteiger partial charge in [0.2, 0.25) is 0 Å². The minimum Gasteiger partial charge on any atom is -0.483 e. The Balaban J connectivity index is 0.000000293. The summed E-state index contributed by atoms with van der Waals surface area (Å²) in [5.74, 6) is 0. The molecular formula is C9H9N3O2. The fourth-order valence-electron chi connectivity index (χ4n) is 1.03. The van der Waals surface area contributed by atoms with Crippen LogP contribution in [0.5, 0.6) is 0 Å². The Morgan fingerprint density at radius 1 is 1.36 bits per heavy atom. The number of carbonyl (C=O) groups is 1. The number of benzene rings is 1. The number of aromatic nitrogens is 2. The molecule has 0 saturated carbocycles. The molecule has 5 heteroatoms. The van der Waals surface area contributed by atoms with E-state index >= 15 is 0 Å². The number of rotatable bonds is 0. The van der Waals surface area contributed by atoms with Crippen molar-refractivity contribution in [3.05, 3.63) is 30.5 Å². The van der Waals surface area contributed by atoms with Crippen molar-refractivity contribution in [2.75, 3.05) is 5.73 Å². The number of carboxylic acid groups (broad SMARTS) is 1. The monoisotopic (exact) mass is 191 g/mol. The van der Waals surface area contributed by atoms with Gasteiger partial charge in [-0.1, -0.05) is 18.2 Å².